The zero-order chi connectivity index (χ0) is 14.4. The van der Waals surface area contributed by atoms with Crippen LogP contribution in [0.5, 0.6) is 0 Å². The Morgan fingerprint density at radius 2 is 2.05 bits per heavy atom. The number of halogens is 1. The first kappa shape index (κ1) is 19.0. The van der Waals surface area contributed by atoms with Crippen LogP contribution in [0.25, 0.3) is 0 Å². The van der Waals surface area contributed by atoms with E-state index in [1.165, 1.54) is 45.2 Å². The van der Waals surface area contributed by atoms with Crippen molar-refractivity contribution in [1.29, 1.82) is 0 Å². The Morgan fingerprint density at radius 3 is 2.67 bits per heavy atom. The molecule has 1 aliphatic carbocycles. The number of unbranched alkanes of at least 4 members (excludes halogenated alkanes) is 1. The Hall–Kier alpha value is -0.0400. The van der Waals surface area contributed by atoms with Gasteiger partial charge in [0.15, 0.2) is 5.96 Å². The summed E-state index contributed by atoms with van der Waals surface area (Å²) in [4.78, 5) is 9.82. The van der Waals surface area contributed by atoms with Gasteiger partial charge in [0.2, 0.25) is 0 Å². The van der Waals surface area contributed by atoms with Gasteiger partial charge < -0.3 is 15.1 Å². The van der Waals surface area contributed by atoms with Gasteiger partial charge in [0.05, 0.1) is 0 Å². The number of rotatable bonds is 7. The first-order chi connectivity index (χ1) is 9.74. The number of nitrogens with zero attached hydrogens (tertiary/aromatic N) is 3. The molecule has 1 atom stereocenters. The highest BCUT2D eigenvalue weighted by molar-refractivity contribution is 14.0. The van der Waals surface area contributed by atoms with E-state index < -0.39 is 0 Å². The SMILES string of the molecule is CCCCN(C)C(=NCC1CCN(C2CC2)C1)NCC.I. The van der Waals surface area contributed by atoms with Crippen molar-refractivity contribution in [1.82, 2.24) is 15.1 Å². The third kappa shape index (κ3) is 6.30. The number of hydrogen-bond donors (Lipinski definition) is 1. The van der Waals surface area contributed by atoms with Gasteiger partial charge in [-0.1, -0.05) is 13.3 Å². The normalized spacial score (nSPS) is 23.0. The molecule has 0 aromatic rings. The van der Waals surface area contributed by atoms with Crippen molar-refractivity contribution < 1.29 is 0 Å². The van der Waals surface area contributed by atoms with E-state index >= 15 is 0 Å². The molecule has 1 aliphatic heterocycles. The molecule has 1 saturated carbocycles. The van der Waals surface area contributed by atoms with Crippen LogP contribution in [-0.4, -0.2) is 61.6 Å². The summed E-state index contributed by atoms with van der Waals surface area (Å²) < 4.78 is 0. The molecule has 0 amide bonds. The Labute approximate surface area is 147 Å². The van der Waals surface area contributed by atoms with E-state index in [1.54, 1.807) is 0 Å². The van der Waals surface area contributed by atoms with Gasteiger partial charge in [-0.3, -0.25) is 4.99 Å². The minimum Gasteiger partial charge on any atom is -0.357 e. The number of likely N-dealkylation sites (tertiary alicyclic amines) is 1. The maximum absolute atomic E-state index is 4.87. The maximum Gasteiger partial charge on any atom is 0.193 e. The average Bonchev–Trinajstić information content (AvgIpc) is 3.20. The Kier molecular flexibility index (Phi) is 8.94. The minimum atomic E-state index is 0. The number of aliphatic imine (C=N–C) groups is 1. The molecule has 124 valence electrons. The molecule has 2 aliphatic rings. The van der Waals surface area contributed by atoms with Crippen LogP contribution in [0.15, 0.2) is 4.99 Å². The molecule has 1 heterocycles. The molecule has 1 saturated heterocycles. The summed E-state index contributed by atoms with van der Waals surface area (Å²) in [7, 11) is 2.16. The Balaban J connectivity index is 0.00000220. The third-order valence-corrected chi connectivity index (χ3v) is 4.42. The highest BCUT2D eigenvalue weighted by Gasteiger charge is 2.34. The van der Waals surface area contributed by atoms with Gasteiger partial charge in [-0.25, -0.2) is 0 Å². The fraction of sp³-hybridized carbons (Fsp3) is 0.938. The lowest BCUT2D eigenvalue weighted by Crippen LogP contribution is -2.39. The maximum atomic E-state index is 4.87. The van der Waals surface area contributed by atoms with Gasteiger partial charge in [-0.15, -0.1) is 24.0 Å². The van der Waals surface area contributed by atoms with E-state index in [4.69, 9.17) is 4.99 Å². The van der Waals surface area contributed by atoms with Gasteiger partial charge >= 0.3 is 0 Å². The van der Waals surface area contributed by atoms with Crippen molar-refractivity contribution in [2.45, 2.75) is 52.0 Å². The Bertz CT molecular complexity index is 317. The molecule has 21 heavy (non-hydrogen) atoms. The second kappa shape index (κ2) is 9.87. The molecule has 1 N–H and O–H groups in total. The minimum absolute atomic E-state index is 0. The van der Waals surface area contributed by atoms with Crippen LogP contribution in [0.4, 0.5) is 0 Å². The lowest BCUT2D eigenvalue weighted by Gasteiger charge is -2.22. The standard InChI is InChI=1S/C16H32N4.HI/c1-4-6-10-19(3)16(17-5-2)18-12-14-9-11-20(13-14)15-7-8-15;/h14-15H,4-13H2,1-3H3,(H,17,18);1H. The van der Waals surface area contributed by atoms with Crippen LogP contribution in [0, 0.1) is 5.92 Å². The van der Waals surface area contributed by atoms with Gasteiger partial charge in [0.1, 0.15) is 0 Å². The summed E-state index contributed by atoms with van der Waals surface area (Å²) in [5.41, 5.74) is 0. The van der Waals surface area contributed by atoms with Gasteiger partial charge in [-0.05, 0) is 45.1 Å². The molecule has 1 unspecified atom stereocenters. The molecule has 0 aromatic heterocycles. The summed E-state index contributed by atoms with van der Waals surface area (Å²) in [6.45, 7) is 9.99. The Morgan fingerprint density at radius 1 is 1.29 bits per heavy atom. The number of nitrogens with one attached hydrogen (secondary N) is 1. The number of guanidine groups is 1. The quantitative estimate of drug-likeness (QED) is 0.399. The number of hydrogen-bond acceptors (Lipinski definition) is 2. The highest BCUT2D eigenvalue weighted by Crippen LogP contribution is 2.31. The molecule has 5 heteroatoms. The van der Waals surface area contributed by atoms with E-state index in [9.17, 15) is 0 Å². The second-order valence-corrected chi connectivity index (χ2v) is 6.35. The fourth-order valence-corrected chi connectivity index (χ4v) is 2.97. The van der Waals surface area contributed by atoms with Crippen molar-refractivity contribution in [2.24, 2.45) is 10.9 Å². The van der Waals surface area contributed by atoms with Crippen molar-refractivity contribution in [2.75, 3.05) is 39.8 Å². The molecule has 2 fully saturated rings. The lowest BCUT2D eigenvalue weighted by atomic mass is 10.1. The predicted octanol–water partition coefficient (Wildman–Crippen LogP) is 2.79. The highest BCUT2D eigenvalue weighted by atomic mass is 127. The van der Waals surface area contributed by atoms with Gasteiger partial charge in [0.25, 0.3) is 0 Å². The molecular weight excluding hydrogens is 375 g/mol. The molecule has 4 nitrogen and oxygen atoms in total. The summed E-state index contributed by atoms with van der Waals surface area (Å²) in [5.74, 6) is 1.86. The zero-order valence-corrected chi connectivity index (χ0v) is 16.3. The second-order valence-electron chi connectivity index (χ2n) is 6.35. The van der Waals surface area contributed by atoms with Crippen molar-refractivity contribution >= 4 is 29.9 Å². The fourth-order valence-electron chi connectivity index (χ4n) is 2.97. The molecule has 0 aromatic carbocycles. The van der Waals surface area contributed by atoms with E-state index in [-0.39, 0.29) is 24.0 Å². The summed E-state index contributed by atoms with van der Waals surface area (Å²) in [5, 5.41) is 3.42. The van der Waals surface area contributed by atoms with Crippen molar-refractivity contribution in [3.63, 3.8) is 0 Å². The van der Waals surface area contributed by atoms with E-state index in [2.05, 4.69) is 36.0 Å². The van der Waals surface area contributed by atoms with Crippen LogP contribution in [0.1, 0.15) is 46.0 Å². The van der Waals surface area contributed by atoms with Gasteiger partial charge in [-0.2, -0.15) is 0 Å². The van der Waals surface area contributed by atoms with E-state index in [0.29, 0.717) is 0 Å². The smallest absolute Gasteiger partial charge is 0.193 e. The van der Waals surface area contributed by atoms with Crippen LogP contribution >= 0.6 is 24.0 Å². The predicted molar refractivity (Wildman–Crippen MR) is 102 cm³/mol. The zero-order valence-electron chi connectivity index (χ0n) is 14.0. The van der Waals surface area contributed by atoms with Crippen molar-refractivity contribution in [3.05, 3.63) is 0 Å². The van der Waals surface area contributed by atoms with Crippen molar-refractivity contribution in [3.8, 4) is 0 Å². The first-order valence-electron chi connectivity index (χ1n) is 8.48. The molecular formula is C16H33IN4. The van der Waals surface area contributed by atoms with Crippen LogP contribution in [0.3, 0.4) is 0 Å². The van der Waals surface area contributed by atoms with Crippen LogP contribution < -0.4 is 5.32 Å². The summed E-state index contributed by atoms with van der Waals surface area (Å²) >= 11 is 0. The first-order valence-corrected chi connectivity index (χ1v) is 8.48. The van der Waals surface area contributed by atoms with Crippen LogP contribution in [-0.2, 0) is 0 Å². The molecule has 0 spiro atoms. The lowest BCUT2D eigenvalue weighted by molar-refractivity contribution is 0.315. The monoisotopic (exact) mass is 408 g/mol. The van der Waals surface area contributed by atoms with E-state index in [1.807, 2.05) is 0 Å². The molecule has 0 bridgehead atoms. The third-order valence-electron chi connectivity index (χ3n) is 4.42. The van der Waals surface area contributed by atoms with Crippen LogP contribution in [0.2, 0.25) is 0 Å². The van der Waals surface area contributed by atoms with E-state index in [0.717, 1.165) is 37.6 Å². The molecule has 2 rings (SSSR count). The summed E-state index contributed by atoms with van der Waals surface area (Å²) in [6.07, 6.45) is 6.66. The van der Waals surface area contributed by atoms with Gasteiger partial charge in [0, 0.05) is 39.3 Å². The topological polar surface area (TPSA) is 30.9 Å². The molecule has 0 radical (unpaired) electrons. The largest absolute Gasteiger partial charge is 0.357 e. The summed E-state index contributed by atoms with van der Waals surface area (Å²) in [6, 6.07) is 0.921. The average molecular weight is 408 g/mol.